The Morgan fingerprint density at radius 3 is 2.62 bits per heavy atom. The predicted molar refractivity (Wildman–Crippen MR) is 95.2 cm³/mol. The average Bonchev–Trinajstić information content (AvgIpc) is 2.57. The number of ether oxygens (including phenoxy) is 1. The zero-order valence-electron chi connectivity index (χ0n) is 15.1. The lowest BCUT2D eigenvalue weighted by atomic mass is 9.99. The molecule has 0 aromatic heterocycles. The van der Waals surface area contributed by atoms with Gasteiger partial charge in [-0.2, -0.15) is 0 Å². The first-order valence-electron chi connectivity index (χ1n) is 9.00. The van der Waals surface area contributed by atoms with Crippen LogP contribution in [-0.4, -0.2) is 50.4 Å². The number of sulfone groups is 1. The summed E-state index contributed by atoms with van der Waals surface area (Å²) in [6.45, 7) is 4.81. The van der Waals surface area contributed by atoms with E-state index in [0.717, 1.165) is 12.8 Å². The molecule has 0 spiro atoms. The number of nitrogens with one attached hydrogen (secondary N) is 1. The molecule has 2 aliphatic rings. The van der Waals surface area contributed by atoms with E-state index in [2.05, 4.69) is 5.32 Å². The van der Waals surface area contributed by atoms with Crippen LogP contribution in [0.3, 0.4) is 0 Å². The highest BCUT2D eigenvalue weighted by Gasteiger charge is 2.33. The lowest BCUT2D eigenvalue weighted by Gasteiger charge is -2.36. The van der Waals surface area contributed by atoms with E-state index in [1.54, 1.807) is 4.90 Å². The van der Waals surface area contributed by atoms with Crippen LogP contribution >= 0.6 is 0 Å². The second-order valence-corrected chi connectivity index (χ2v) is 9.28. The predicted octanol–water partition coefficient (Wildman–Crippen LogP) is 2.64. The molecule has 3 rings (SSSR count). The normalized spacial score (nSPS) is 22.9. The van der Waals surface area contributed by atoms with E-state index in [9.17, 15) is 17.6 Å². The minimum atomic E-state index is -3.34. The number of fused-ring (bicyclic) bond motifs is 1. The van der Waals surface area contributed by atoms with Gasteiger partial charge in [0.15, 0.2) is 9.84 Å². The number of rotatable bonds is 3. The van der Waals surface area contributed by atoms with Crippen molar-refractivity contribution in [2.75, 3.05) is 18.8 Å². The van der Waals surface area contributed by atoms with Gasteiger partial charge in [0.05, 0.1) is 16.8 Å². The van der Waals surface area contributed by atoms with Crippen LogP contribution in [0.1, 0.15) is 44.7 Å². The Balaban J connectivity index is 1.64. The Morgan fingerprint density at radius 2 is 1.96 bits per heavy atom. The molecule has 1 unspecified atom stereocenters. The molecular weight excluding hydrogens is 359 g/mol. The average molecular weight is 384 g/mol. The summed E-state index contributed by atoms with van der Waals surface area (Å²) in [6.07, 6.45) is 1.49. The van der Waals surface area contributed by atoms with Crippen LogP contribution in [0, 0.1) is 5.82 Å². The van der Waals surface area contributed by atoms with Gasteiger partial charge in [0.2, 0.25) is 0 Å². The quantitative estimate of drug-likeness (QED) is 0.811. The molecule has 0 aliphatic carbocycles. The number of halogens is 1. The summed E-state index contributed by atoms with van der Waals surface area (Å²) in [4.78, 5) is 13.9. The van der Waals surface area contributed by atoms with Gasteiger partial charge in [0.25, 0.3) is 0 Å². The molecule has 1 aromatic carbocycles. The maximum absolute atomic E-state index is 13.7. The maximum Gasteiger partial charge on any atom is 0.410 e. The third-order valence-electron chi connectivity index (χ3n) is 4.88. The molecule has 1 fully saturated rings. The van der Waals surface area contributed by atoms with Crippen molar-refractivity contribution < 1.29 is 22.3 Å². The zero-order valence-corrected chi connectivity index (χ0v) is 15.9. The van der Waals surface area contributed by atoms with E-state index in [4.69, 9.17) is 4.74 Å². The fourth-order valence-corrected chi connectivity index (χ4v) is 5.18. The van der Waals surface area contributed by atoms with Crippen LogP contribution < -0.4 is 5.32 Å². The number of likely N-dealkylation sites (tertiary alicyclic amines) is 1. The highest BCUT2D eigenvalue weighted by Crippen LogP contribution is 2.33. The SMILES string of the molecule is CC(C)OC(=O)N1CCC(NC2CCS(=O)(=O)c3ccc(F)cc32)CC1. The number of nitrogens with zero attached hydrogens (tertiary/aromatic N) is 1. The van der Waals surface area contributed by atoms with Crippen LogP contribution in [0.15, 0.2) is 23.1 Å². The molecule has 0 saturated carbocycles. The van der Waals surface area contributed by atoms with Crippen molar-refractivity contribution in [3.8, 4) is 0 Å². The first kappa shape index (κ1) is 19.1. The number of carbonyl (C=O) groups excluding carboxylic acids is 1. The van der Waals surface area contributed by atoms with Crippen molar-refractivity contribution in [3.63, 3.8) is 0 Å². The van der Waals surface area contributed by atoms with Crippen molar-refractivity contribution in [1.29, 1.82) is 0 Å². The lowest BCUT2D eigenvalue weighted by Crippen LogP contribution is -2.47. The van der Waals surface area contributed by atoms with E-state index >= 15 is 0 Å². The molecule has 6 nitrogen and oxygen atoms in total. The summed E-state index contributed by atoms with van der Waals surface area (Å²) < 4.78 is 43.3. The Bertz CT molecular complexity index is 773. The highest BCUT2D eigenvalue weighted by molar-refractivity contribution is 7.91. The van der Waals surface area contributed by atoms with E-state index in [1.807, 2.05) is 13.8 Å². The highest BCUT2D eigenvalue weighted by atomic mass is 32.2. The summed E-state index contributed by atoms with van der Waals surface area (Å²) in [5.41, 5.74) is 0.512. The number of hydrogen-bond donors (Lipinski definition) is 1. The van der Waals surface area contributed by atoms with Gasteiger partial charge in [-0.3, -0.25) is 0 Å². The summed E-state index contributed by atoms with van der Waals surface area (Å²) in [6, 6.07) is 3.83. The molecule has 2 aliphatic heterocycles. The van der Waals surface area contributed by atoms with Crippen LogP contribution in [-0.2, 0) is 14.6 Å². The summed E-state index contributed by atoms with van der Waals surface area (Å²) in [5, 5.41) is 3.47. The molecular formula is C18H25FN2O4S. The first-order chi connectivity index (χ1) is 12.3. The molecule has 2 heterocycles. The van der Waals surface area contributed by atoms with Crippen LogP contribution in [0.4, 0.5) is 9.18 Å². The van der Waals surface area contributed by atoms with Gasteiger partial charge in [-0.1, -0.05) is 0 Å². The van der Waals surface area contributed by atoms with Gasteiger partial charge in [-0.25, -0.2) is 17.6 Å². The number of amides is 1. The number of hydrogen-bond acceptors (Lipinski definition) is 5. The van der Waals surface area contributed by atoms with E-state index in [-0.39, 0.29) is 34.9 Å². The first-order valence-corrected chi connectivity index (χ1v) is 10.7. The molecule has 8 heteroatoms. The Labute approximate surface area is 153 Å². The third-order valence-corrected chi connectivity index (χ3v) is 6.70. The number of piperidine rings is 1. The molecule has 144 valence electrons. The lowest BCUT2D eigenvalue weighted by molar-refractivity contribution is 0.0671. The van der Waals surface area contributed by atoms with Crippen molar-refractivity contribution in [3.05, 3.63) is 29.6 Å². The van der Waals surface area contributed by atoms with E-state index in [0.29, 0.717) is 25.1 Å². The molecule has 1 amide bonds. The van der Waals surface area contributed by atoms with Gasteiger partial charge >= 0.3 is 6.09 Å². The minimum Gasteiger partial charge on any atom is -0.447 e. The second-order valence-electron chi connectivity index (χ2n) is 7.20. The van der Waals surface area contributed by atoms with E-state index in [1.165, 1.54) is 18.2 Å². The van der Waals surface area contributed by atoms with E-state index < -0.39 is 15.7 Å². The summed E-state index contributed by atoms with van der Waals surface area (Å²) >= 11 is 0. The largest absolute Gasteiger partial charge is 0.447 e. The standard InChI is InChI=1S/C18H25FN2O4S/c1-12(2)25-18(22)21-8-5-14(6-9-21)20-16-7-10-26(23,24)17-4-3-13(19)11-15(16)17/h3-4,11-12,14,16,20H,5-10H2,1-2H3. The van der Waals surface area contributed by atoms with Gasteiger partial charge in [0.1, 0.15) is 5.82 Å². The number of carbonyl (C=O) groups is 1. The Morgan fingerprint density at radius 1 is 1.27 bits per heavy atom. The molecule has 1 atom stereocenters. The van der Waals surface area contributed by atoms with Crippen molar-refractivity contribution in [2.24, 2.45) is 0 Å². The minimum absolute atomic E-state index is 0.0584. The molecule has 26 heavy (non-hydrogen) atoms. The monoisotopic (exact) mass is 384 g/mol. The molecule has 0 bridgehead atoms. The van der Waals surface area contributed by atoms with Crippen LogP contribution in [0.2, 0.25) is 0 Å². The van der Waals surface area contributed by atoms with Gasteiger partial charge in [0, 0.05) is 25.2 Å². The zero-order chi connectivity index (χ0) is 18.9. The Hall–Kier alpha value is -1.67. The van der Waals surface area contributed by atoms with Gasteiger partial charge < -0.3 is 15.0 Å². The van der Waals surface area contributed by atoms with Gasteiger partial charge in [-0.15, -0.1) is 0 Å². The molecule has 1 saturated heterocycles. The maximum atomic E-state index is 13.7. The number of benzene rings is 1. The fraction of sp³-hybridized carbons (Fsp3) is 0.611. The summed E-state index contributed by atoms with van der Waals surface area (Å²) in [7, 11) is -3.34. The summed E-state index contributed by atoms with van der Waals surface area (Å²) in [5.74, 6) is -0.373. The van der Waals surface area contributed by atoms with Crippen LogP contribution in [0.5, 0.6) is 0 Å². The molecule has 0 radical (unpaired) electrons. The van der Waals surface area contributed by atoms with Crippen molar-refractivity contribution in [1.82, 2.24) is 10.2 Å². The topological polar surface area (TPSA) is 75.7 Å². The molecule has 1 N–H and O–H groups in total. The fourth-order valence-electron chi connectivity index (χ4n) is 3.58. The molecule has 1 aromatic rings. The van der Waals surface area contributed by atoms with Crippen molar-refractivity contribution >= 4 is 15.9 Å². The van der Waals surface area contributed by atoms with Crippen molar-refractivity contribution in [2.45, 2.75) is 56.2 Å². The smallest absolute Gasteiger partial charge is 0.410 e. The van der Waals surface area contributed by atoms with Gasteiger partial charge in [-0.05, 0) is 56.9 Å². The van der Waals surface area contributed by atoms with Crippen LogP contribution in [0.25, 0.3) is 0 Å². The second kappa shape index (κ2) is 7.52. The third kappa shape index (κ3) is 4.17. The Kier molecular flexibility index (Phi) is 5.53.